The van der Waals surface area contributed by atoms with E-state index < -0.39 is 0 Å². The van der Waals surface area contributed by atoms with E-state index in [1.807, 2.05) is 0 Å². The first-order valence-electron chi connectivity index (χ1n) is 8.75. The third-order valence-electron chi connectivity index (χ3n) is 4.49. The van der Waals surface area contributed by atoms with Crippen molar-refractivity contribution in [3.63, 3.8) is 0 Å². The van der Waals surface area contributed by atoms with Crippen molar-refractivity contribution in [2.24, 2.45) is 5.92 Å². The predicted molar refractivity (Wildman–Crippen MR) is 95.6 cm³/mol. The smallest absolute Gasteiger partial charge is 0.275 e. The molecule has 0 saturated carbocycles. The van der Waals surface area contributed by atoms with Crippen molar-refractivity contribution in [3.05, 3.63) is 22.1 Å². The Hall–Kier alpha value is -1.43. The van der Waals surface area contributed by atoms with E-state index in [1.165, 1.54) is 30.2 Å². The molecule has 2 aromatic rings. The first-order valence-corrected chi connectivity index (χ1v) is 9.56. The molecule has 0 bridgehead atoms. The lowest BCUT2D eigenvalue weighted by Gasteiger charge is -2.24. The van der Waals surface area contributed by atoms with Gasteiger partial charge in [-0.15, -0.1) is 5.10 Å². The van der Waals surface area contributed by atoms with Gasteiger partial charge in [0.1, 0.15) is 0 Å². The third kappa shape index (κ3) is 3.57. The van der Waals surface area contributed by atoms with Gasteiger partial charge in [0, 0.05) is 24.3 Å². The van der Waals surface area contributed by atoms with Crippen LogP contribution in [-0.4, -0.2) is 27.2 Å². The third-order valence-corrected chi connectivity index (χ3v) is 5.44. The van der Waals surface area contributed by atoms with E-state index >= 15 is 0 Å². The molecule has 3 heterocycles. The monoisotopic (exact) mass is 334 g/mol. The second-order valence-electron chi connectivity index (χ2n) is 6.88. The number of aromatic nitrogens is 3. The first-order chi connectivity index (χ1) is 11.1. The number of fused-ring (bicyclic) bond motifs is 1. The predicted octanol–water partition coefficient (Wildman–Crippen LogP) is 3.51. The Balaban J connectivity index is 1.87. The highest BCUT2D eigenvalue weighted by Gasteiger charge is 2.27. The highest BCUT2D eigenvalue weighted by Crippen LogP contribution is 2.31. The van der Waals surface area contributed by atoms with Gasteiger partial charge in [0.25, 0.3) is 5.56 Å². The average molecular weight is 334 g/mol. The number of anilines is 1. The van der Waals surface area contributed by atoms with E-state index in [9.17, 15) is 4.79 Å². The van der Waals surface area contributed by atoms with Crippen LogP contribution in [0.1, 0.15) is 58.6 Å². The van der Waals surface area contributed by atoms with Crippen molar-refractivity contribution >= 4 is 21.4 Å². The Morgan fingerprint density at radius 2 is 2.26 bits per heavy atom. The summed E-state index contributed by atoms with van der Waals surface area (Å²) in [5, 5.41) is 5.51. The quantitative estimate of drug-likeness (QED) is 0.811. The van der Waals surface area contributed by atoms with Gasteiger partial charge >= 0.3 is 0 Å². The van der Waals surface area contributed by atoms with E-state index in [-0.39, 0.29) is 5.56 Å². The highest BCUT2D eigenvalue weighted by atomic mass is 32.1. The average Bonchev–Trinajstić information content (AvgIpc) is 3.11. The highest BCUT2D eigenvalue weighted by molar-refractivity contribution is 7.20. The standard InChI is InChI=1S/C17H26N4OS/c1-4-6-13-11-15(22)21-16(18-13)23-17(19-21)20-10-5-7-14(20)9-8-12(2)3/h11-12,14H,4-10H2,1-3H3. The molecule has 1 fully saturated rings. The largest absolute Gasteiger partial charge is 0.344 e. The fourth-order valence-electron chi connectivity index (χ4n) is 3.26. The van der Waals surface area contributed by atoms with Crippen molar-refractivity contribution in [1.82, 2.24) is 14.6 Å². The van der Waals surface area contributed by atoms with Crippen LogP contribution >= 0.6 is 11.3 Å². The van der Waals surface area contributed by atoms with Gasteiger partial charge in [-0.2, -0.15) is 4.52 Å². The molecule has 5 nitrogen and oxygen atoms in total. The normalized spacial score (nSPS) is 18.4. The molecule has 126 valence electrons. The van der Waals surface area contributed by atoms with E-state index in [1.54, 1.807) is 17.4 Å². The molecule has 0 amide bonds. The maximum atomic E-state index is 12.2. The van der Waals surface area contributed by atoms with Crippen LogP contribution in [0, 0.1) is 5.92 Å². The molecule has 0 spiro atoms. The molecule has 1 unspecified atom stereocenters. The molecule has 6 heteroatoms. The van der Waals surface area contributed by atoms with Gasteiger partial charge < -0.3 is 4.90 Å². The van der Waals surface area contributed by atoms with E-state index in [2.05, 4.69) is 35.8 Å². The van der Waals surface area contributed by atoms with Crippen molar-refractivity contribution in [3.8, 4) is 0 Å². The minimum absolute atomic E-state index is 0.0566. The van der Waals surface area contributed by atoms with E-state index in [0.717, 1.165) is 41.1 Å². The lowest BCUT2D eigenvalue weighted by molar-refractivity contribution is 0.494. The Bertz CT molecular complexity index is 721. The van der Waals surface area contributed by atoms with Gasteiger partial charge in [0.2, 0.25) is 10.1 Å². The Morgan fingerprint density at radius 3 is 3.00 bits per heavy atom. The van der Waals surface area contributed by atoms with Gasteiger partial charge in [-0.25, -0.2) is 4.98 Å². The van der Waals surface area contributed by atoms with E-state index in [4.69, 9.17) is 0 Å². The van der Waals surface area contributed by atoms with Crippen molar-refractivity contribution in [1.29, 1.82) is 0 Å². The van der Waals surface area contributed by atoms with E-state index in [0.29, 0.717) is 6.04 Å². The molecule has 1 saturated heterocycles. The Morgan fingerprint density at radius 1 is 1.43 bits per heavy atom. The second kappa shape index (κ2) is 6.99. The summed E-state index contributed by atoms with van der Waals surface area (Å²) in [7, 11) is 0. The van der Waals surface area contributed by atoms with Gasteiger partial charge in [0.15, 0.2) is 0 Å². The summed E-state index contributed by atoms with van der Waals surface area (Å²) in [4.78, 5) is 20.0. The van der Waals surface area contributed by atoms with Crippen molar-refractivity contribution in [2.45, 2.75) is 65.3 Å². The van der Waals surface area contributed by atoms with Gasteiger partial charge in [0.05, 0.1) is 0 Å². The summed E-state index contributed by atoms with van der Waals surface area (Å²) in [6.07, 6.45) is 6.73. The minimum Gasteiger partial charge on any atom is -0.344 e. The van der Waals surface area contributed by atoms with Gasteiger partial charge in [-0.05, 0) is 38.0 Å². The summed E-state index contributed by atoms with van der Waals surface area (Å²) in [5.41, 5.74) is 0.823. The summed E-state index contributed by atoms with van der Waals surface area (Å²) >= 11 is 1.55. The number of rotatable bonds is 6. The van der Waals surface area contributed by atoms with Gasteiger partial charge in [-0.3, -0.25) is 4.79 Å². The van der Waals surface area contributed by atoms with Crippen molar-refractivity contribution in [2.75, 3.05) is 11.4 Å². The molecule has 0 aliphatic carbocycles. The number of aryl methyl sites for hydroxylation is 1. The zero-order valence-electron chi connectivity index (χ0n) is 14.3. The summed E-state index contributed by atoms with van der Waals surface area (Å²) in [5.74, 6) is 0.730. The fourth-order valence-corrected chi connectivity index (χ4v) is 4.28. The molecule has 0 N–H and O–H groups in total. The van der Waals surface area contributed by atoms with Crippen LogP contribution in [-0.2, 0) is 6.42 Å². The molecule has 0 radical (unpaired) electrons. The van der Waals surface area contributed by atoms with Crippen LogP contribution in [0.2, 0.25) is 0 Å². The number of nitrogens with zero attached hydrogens (tertiary/aromatic N) is 4. The van der Waals surface area contributed by atoms with Crippen LogP contribution in [0.5, 0.6) is 0 Å². The lowest BCUT2D eigenvalue weighted by Crippen LogP contribution is -2.29. The molecule has 2 aromatic heterocycles. The summed E-state index contributed by atoms with van der Waals surface area (Å²) in [6.45, 7) is 7.69. The Labute approximate surface area is 141 Å². The summed E-state index contributed by atoms with van der Waals surface area (Å²) in [6, 6.07) is 2.18. The minimum atomic E-state index is -0.0566. The zero-order valence-corrected chi connectivity index (χ0v) is 15.1. The van der Waals surface area contributed by atoms with Crippen molar-refractivity contribution < 1.29 is 0 Å². The molecule has 0 aromatic carbocycles. The Kier molecular flexibility index (Phi) is 4.99. The van der Waals surface area contributed by atoms with Crippen LogP contribution in [0.3, 0.4) is 0 Å². The molecule has 1 aliphatic heterocycles. The van der Waals surface area contributed by atoms with Crippen LogP contribution < -0.4 is 10.5 Å². The first kappa shape index (κ1) is 16.4. The maximum Gasteiger partial charge on any atom is 0.275 e. The van der Waals surface area contributed by atoms with Crippen LogP contribution in [0.15, 0.2) is 10.9 Å². The zero-order chi connectivity index (χ0) is 16.4. The van der Waals surface area contributed by atoms with Crippen LogP contribution in [0.25, 0.3) is 4.96 Å². The molecule has 3 rings (SSSR count). The van der Waals surface area contributed by atoms with Gasteiger partial charge in [-0.1, -0.05) is 38.5 Å². The second-order valence-corrected chi connectivity index (χ2v) is 7.81. The molecule has 23 heavy (non-hydrogen) atoms. The summed E-state index contributed by atoms with van der Waals surface area (Å²) < 4.78 is 1.47. The molecule has 1 atom stereocenters. The maximum absolute atomic E-state index is 12.2. The van der Waals surface area contributed by atoms with Crippen LogP contribution in [0.4, 0.5) is 5.13 Å². The molecule has 1 aliphatic rings. The molecular weight excluding hydrogens is 308 g/mol. The number of hydrogen-bond acceptors (Lipinski definition) is 5. The SMILES string of the molecule is CCCc1cc(=O)n2nc(N3CCCC3CCC(C)C)sc2n1. The number of hydrogen-bond donors (Lipinski definition) is 0. The molecular formula is C17H26N4OS. The lowest BCUT2D eigenvalue weighted by atomic mass is 10.0. The topological polar surface area (TPSA) is 50.5 Å². The fraction of sp³-hybridized carbons (Fsp3) is 0.706.